The fourth-order valence-corrected chi connectivity index (χ4v) is 3.97. The number of amides is 1. The fraction of sp³-hybridized carbons (Fsp3) is 0.467. The second-order valence-corrected chi connectivity index (χ2v) is 5.80. The second-order valence-electron chi connectivity index (χ2n) is 5.80. The lowest BCUT2D eigenvalue weighted by Gasteiger charge is -2.33. The van der Waals surface area contributed by atoms with E-state index in [1.54, 1.807) is 4.90 Å². The first kappa shape index (κ1) is 11.0. The summed E-state index contributed by atoms with van der Waals surface area (Å²) in [6.45, 7) is 1.84. The van der Waals surface area contributed by atoms with Crippen molar-refractivity contribution in [3.8, 4) is 0 Å². The average Bonchev–Trinajstić information content (AvgIpc) is 3.01. The molecule has 4 heteroatoms. The van der Waals surface area contributed by atoms with Crippen molar-refractivity contribution in [1.82, 2.24) is 4.90 Å². The molecule has 1 saturated heterocycles. The van der Waals surface area contributed by atoms with Gasteiger partial charge in [-0.3, -0.25) is 9.69 Å². The number of ether oxygens (including phenoxy) is 1. The number of carbonyl (C=O) groups excluding carboxylic acids is 2. The molecule has 1 aromatic rings. The monoisotopic (exact) mass is 257 g/mol. The fourth-order valence-electron chi connectivity index (χ4n) is 3.97. The number of hydrogen-bond donors (Lipinski definition) is 0. The van der Waals surface area contributed by atoms with E-state index in [1.807, 2.05) is 31.2 Å². The average molecular weight is 257 g/mol. The van der Waals surface area contributed by atoms with Crippen LogP contribution in [0.1, 0.15) is 48.5 Å². The molecule has 4 nitrogen and oxygen atoms in total. The number of benzene rings is 1. The van der Waals surface area contributed by atoms with E-state index in [0.29, 0.717) is 5.56 Å². The van der Waals surface area contributed by atoms with E-state index < -0.39 is 11.3 Å². The molecule has 1 amide bonds. The van der Waals surface area contributed by atoms with Crippen LogP contribution < -0.4 is 0 Å². The van der Waals surface area contributed by atoms with Gasteiger partial charge in [0.1, 0.15) is 5.54 Å². The zero-order chi connectivity index (χ0) is 13.3. The standard InChI is InChI=1S/C15H15NO3/c1-14-11-7-3-2-6-10(11)12(17)16(14)15(13(18)19-14)8-4-5-9-15/h2-3,6-7H,4-5,8-9H2,1H3. The summed E-state index contributed by atoms with van der Waals surface area (Å²) >= 11 is 0. The summed E-state index contributed by atoms with van der Waals surface area (Å²) in [7, 11) is 0. The minimum absolute atomic E-state index is 0.0640. The molecule has 0 radical (unpaired) electrons. The Balaban J connectivity index is 1.95. The third-order valence-corrected chi connectivity index (χ3v) is 4.82. The van der Waals surface area contributed by atoms with Gasteiger partial charge in [-0.05, 0) is 25.8 Å². The maximum Gasteiger partial charge on any atom is 0.334 e. The van der Waals surface area contributed by atoms with Crippen LogP contribution in [-0.4, -0.2) is 22.3 Å². The Kier molecular flexibility index (Phi) is 1.85. The number of hydrogen-bond acceptors (Lipinski definition) is 3. The zero-order valence-electron chi connectivity index (χ0n) is 10.8. The first-order valence-corrected chi connectivity index (χ1v) is 6.77. The summed E-state index contributed by atoms with van der Waals surface area (Å²) in [5, 5.41) is 0. The highest BCUT2D eigenvalue weighted by molar-refractivity contribution is 6.05. The van der Waals surface area contributed by atoms with E-state index in [4.69, 9.17) is 4.74 Å². The summed E-state index contributed by atoms with van der Waals surface area (Å²) in [6.07, 6.45) is 3.40. The lowest BCUT2D eigenvalue weighted by molar-refractivity contribution is -0.152. The van der Waals surface area contributed by atoms with E-state index in [1.165, 1.54) is 0 Å². The third-order valence-electron chi connectivity index (χ3n) is 4.82. The Morgan fingerprint density at radius 1 is 1.16 bits per heavy atom. The van der Waals surface area contributed by atoms with Crippen LogP contribution in [0.4, 0.5) is 0 Å². The van der Waals surface area contributed by atoms with Gasteiger partial charge in [0.2, 0.25) is 5.72 Å². The number of carbonyl (C=O) groups is 2. The van der Waals surface area contributed by atoms with Crippen molar-refractivity contribution in [3.63, 3.8) is 0 Å². The van der Waals surface area contributed by atoms with Crippen molar-refractivity contribution in [1.29, 1.82) is 0 Å². The molecular formula is C15H15NO3. The van der Waals surface area contributed by atoms with Gasteiger partial charge in [-0.1, -0.05) is 31.0 Å². The van der Waals surface area contributed by atoms with Gasteiger partial charge >= 0.3 is 5.97 Å². The lowest BCUT2D eigenvalue weighted by atomic mass is 9.95. The molecule has 98 valence electrons. The molecule has 1 spiro atoms. The van der Waals surface area contributed by atoms with E-state index in [0.717, 1.165) is 31.2 Å². The number of fused-ring (bicyclic) bond motifs is 4. The molecule has 2 aliphatic heterocycles. The summed E-state index contributed by atoms with van der Waals surface area (Å²) in [6, 6.07) is 7.44. The molecule has 2 heterocycles. The van der Waals surface area contributed by atoms with E-state index in [9.17, 15) is 9.59 Å². The molecule has 19 heavy (non-hydrogen) atoms. The quantitative estimate of drug-likeness (QED) is 0.669. The molecule has 1 aliphatic carbocycles. The van der Waals surface area contributed by atoms with Crippen LogP contribution in [0.25, 0.3) is 0 Å². The zero-order valence-corrected chi connectivity index (χ0v) is 10.8. The number of rotatable bonds is 0. The summed E-state index contributed by atoms with van der Waals surface area (Å²) in [4.78, 5) is 26.7. The Morgan fingerprint density at radius 3 is 2.58 bits per heavy atom. The van der Waals surface area contributed by atoms with Crippen LogP contribution in [0, 0.1) is 0 Å². The molecule has 1 saturated carbocycles. The van der Waals surface area contributed by atoms with Gasteiger partial charge in [0.05, 0.1) is 0 Å². The number of nitrogens with zero attached hydrogens (tertiary/aromatic N) is 1. The largest absolute Gasteiger partial charge is 0.433 e. The molecule has 4 rings (SSSR count). The van der Waals surface area contributed by atoms with Crippen molar-refractivity contribution < 1.29 is 14.3 Å². The summed E-state index contributed by atoms with van der Waals surface area (Å²) in [5.74, 6) is -0.291. The third kappa shape index (κ3) is 1.06. The maximum atomic E-state index is 12.7. The van der Waals surface area contributed by atoms with Crippen LogP contribution in [0.15, 0.2) is 24.3 Å². The van der Waals surface area contributed by atoms with Gasteiger partial charge in [-0.15, -0.1) is 0 Å². The van der Waals surface area contributed by atoms with Crippen molar-refractivity contribution in [2.45, 2.75) is 43.9 Å². The van der Waals surface area contributed by atoms with Gasteiger partial charge in [-0.25, -0.2) is 4.79 Å². The topological polar surface area (TPSA) is 46.6 Å². The number of esters is 1. The maximum absolute atomic E-state index is 12.7. The van der Waals surface area contributed by atoms with Crippen molar-refractivity contribution in [2.75, 3.05) is 0 Å². The Bertz CT molecular complexity index is 603. The molecule has 0 N–H and O–H groups in total. The molecule has 2 fully saturated rings. The lowest BCUT2D eigenvalue weighted by Crippen LogP contribution is -2.51. The van der Waals surface area contributed by atoms with E-state index in [-0.39, 0.29) is 11.9 Å². The molecule has 3 aliphatic rings. The van der Waals surface area contributed by atoms with Crippen LogP contribution >= 0.6 is 0 Å². The van der Waals surface area contributed by atoms with Gasteiger partial charge < -0.3 is 4.74 Å². The van der Waals surface area contributed by atoms with Crippen LogP contribution in [0.3, 0.4) is 0 Å². The highest BCUT2D eigenvalue weighted by atomic mass is 16.6. The van der Waals surface area contributed by atoms with Crippen LogP contribution in [0.5, 0.6) is 0 Å². The van der Waals surface area contributed by atoms with Crippen molar-refractivity contribution in [3.05, 3.63) is 35.4 Å². The summed E-state index contributed by atoms with van der Waals surface area (Å²) < 4.78 is 5.67. The second kappa shape index (κ2) is 3.18. The Morgan fingerprint density at radius 2 is 1.84 bits per heavy atom. The minimum atomic E-state index is -0.908. The molecule has 1 unspecified atom stereocenters. The normalized spacial score (nSPS) is 30.7. The minimum Gasteiger partial charge on any atom is -0.433 e. The molecule has 1 aromatic carbocycles. The highest BCUT2D eigenvalue weighted by Gasteiger charge is 2.67. The van der Waals surface area contributed by atoms with Crippen molar-refractivity contribution in [2.24, 2.45) is 0 Å². The molecular weight excluding hydrogens is 242 g/mol. The van der Waals surface area contributed by atoms with Crippen LogP contribution in [-0.2, 0) is 15.3 Å². The smallest absolute Gasteiger partial charge is 0.334 e. The SMILES string of the molecule is CC12OC(=O)C3(CCCC3)N1C(=O)c1ccccc12. The van der Waals surface area contributed by atoms with E-state index in [2.05, 4.69) is 0 Å². The predicted octanol–water partition coefficient (Wildman–Crippen LogP) is 2.18. The highest BCUT2D eigenvalue weighted by Crippen LogP contribution is 2.54. The van der Waals surface area contributed by atoms with Gasteiger partial charge in [0.25, 0.3) is 5.91 Å². The van der Waals surface area contributed by atoms with Crippen LogP contribution in [0.2, 0.25) is 0 Å². The molecule has 0 bridgehead atoms. The first-order chi connectivity index (χ1) is 9.09. The van der Waals surface area contributed by atoms with E-state index >= 15 is 0 Å². The van der Waals surface area contributed by atoms with Gasteiger partial charge in [-0.2, -0.15) is 0 Å². The Labute approximate surface area is 111 Å². The summed E-state index contributed by atoms with van der Waals surface area (Å²) in [5.41, 5.74) is -0.138. The van der Waals surface area contributed by atoms with Crippen molar-refractivity contribution >= 4 is 11.9 Å². The molecule has 1 atom stereocenters. The Hall–Kier alpha value is -1.84. The van der Waals surface area contributed by atoms with Gasteiger partial charge in [0.15, 0.2) is 0 Å². The molecule has 0 aromatic heterocycles. The first-order valence-electron chi connectivity index (χ1n) is 6.77. The predicted molar refractivity (Wildman–Crippen MR) is 67.3 cm³/mol. The van der Waals surface area contributed by atoms with Gasteiger partial charge in [0, 0.05) is 11.1 Å².